The van der Waals surface area contributed by atoms with Crippen LogP contribution < -0.4 is 16.0 Å². The largest absolute Gasteiger partial charge is 0.330 e. The molecule has 1 fully saturated rings. The van der Waals surface area contributed by atoms with Gasteiger partial charge in [-0.1, -0.05) is 30.3 Å². The Morgan fingerprint density at radius 3 is 2.41 bits per heavy atom. The van der Waals surface area contributed by atoms with Crippen molar-refractivity contribution in [1.29, 1.82) is 0 Å². The summed E-state index contributed by atoms with van der Waals surface area (Å²) in [7, 11) is -0.848. The Morgan fingerprint density at radius 1 is 1.00 bits per heavy atom. The van der Waals surface area contributed by atoms with E-state index >= 15 is 0 Å². The van der Waals surface area contributed by atoms with Crippen molar-refractivity contribution in [2.75, 3.05) is 0 Å². The van der Waals surface area contributed by atoms with Crippen LogP contribution >= 0.6 is 0 Å². The molecule has 1 aromatic heterocycles. The first-order chi connectivity index (χ1) is 12.8. The van der Waals surface area contributed by atoms with E-state index in [-0.39, 0.29) is 22.2 Å². The van der Waals surface area contributed by atoms with E-state index in [4.69, 9.17) is 0 Å². The van der Waals surface area contributed by atoms with Crippen LogP contribution in [0.4, 0.5) is 0 Å². The number of aromatic nitrogens is 2. The molecule has 2 aromatic carbocycles. The van der Waals surface area contributed by atoms with Gasteiger partial charge in [-0.15, -0.1) is 0 Å². The van der Waals surface area contributed by atoms with Crippen LogP contribution in [0.3, 0.4) is 0 Å². The van der Waals surface area contributed by atoms with Crippen LogP contribution in [0.1, 0.15) is 17.9 Å². The SMILES string of the molecule is Cn1c(=O)c2cc(S(=O)(=O)NC3CC3c3ccccc3)ccc2n(C)c1=O. The molecular weight excluding hydrogens is 366 g/mol. The summed E-state index contributed by atoms with van der Waals surface area (Å²) in [4.78, 5) is 24.4. The molecule has 140 valence electrons. The lowest BCUT2D eigenvalue weighted by molar-refractivity contribution is 0.580. The van der Waals surface area contributed by atoms with Gasteiger partial charge in [-0.2, -0.15) is 0 Å². The number of benzene rings is 2. The van der Waals surface area contributed by atoms with Crippen LogP contribution in [0.2, 0.25) is 0 Å². The topological polar surface area (TPSA) is 90.2 Å². The maximum atomic E-state index is 12.8. The summed E-state index contributed by atoms with van der Waals surface area (Å²) in [6.07, 6.45) is 0.743. The van der Waals surface area contributed by atoms with Crippen LogP contribution in [0.5, 0.6) is 0 Å². The van der Waals surface area contributed by atoms with Crippen molar-refractivity contribution < 1.29 is 8.42 Å². The Morgan fingerprint density at radius 2 is 1.70 bits per heavy atom. The highest BCUT2D eigenvalue weighted by Gasteiger charge is 2.41. The highest BCUT2D eigenvalue weighted by molar-refractivity contribution is 7.89. The zero-order valence-corrected chi connectivity index (χ0v) is 15.7. The fraction of sp³-hybridized carbons (Fsp3) is 0.263. The second-order valence-corrected chi connectivity index (χ2v) is 8.58. The molecule has 0 amide bonds. The lowest BCUT2D eigenvalue weighted by atomic mass is 10.1. The van der Waals surface area contributed by atoms with E-state index in [2.05, 4.69) is 4.72 Å². The van der Waals surface area contributed by atoms with Gasteiger partial charge in [-0.05, 0) is 30.2 Å². The molecule has 1 N–H and O–H groups in total. The van der Waals surface area contributed by atoms with Crippen LogP contribution in [-0.4, -0.2) is 23.6 Å². The van der Waals surface area contributed by atoms with Gasteiger partial charge in [0, 0.05) is 26.1 Å². The molecule has 0 radical (unpaired) electrons. The molecule has 0 spiro atoms. The summed E-state index contributed by atoms with van der Waals surface area (Å²) in [5.74, 6) is 0.162. The fourth-order valence-corrected chi connectivity index (χ4v) is 4.72. The quantitative estimate of drug-likeness (QED) is 0.727. The third-order valence-electron chi connectivity index (χ3n) is 5.07. The number of rotatable bonds is 4. The minimum absolute atomic E-state index is 0.0180. The molecule has 3 aromatic rings. The molecule has 2 atom stereocenters. The summed E-state index contributed by atoms with van der Waals surface area (Å²) in [6.45, 7) is 0. The van der Waals surface area contributed by atoms with E-state index in [1.807, 2.05) is 30.3 Å². The molecule has 0 bridgehead atoms. The second-order valence-electron chi connectivity index (χ2n) is 6.87. The predicted octanol–water partition coefficient (Wildman–Crippen LogP) is 1.07. The number of nitrogens with one attached hydrogen (secondary N) is 1. The highest BCUT2D eigenvalue weighted by Crippen LogP contribution is 2.41. The van der Waals surface area contributed by atoms with E-state index in [0.29, 0.717) is 5.52 Å². The molecule has 1 aliphatic rings. The molecule has 0 saturated heterocycles. The van der Waals surface area contributed by atoms with Crippen molar-refractivity contribution in [2.24, 2.45) is 14.1 Å². The first-order valence-electron chi connectivity index (χ1n) is 8.56. The number of fused-ring (bicyclic) bond motifs is 1. The lowest BCUT2D eigenvalue weighted by Crippen LogP contribution is -2.37. The third-order valence-corrected chi connectivity index (χ3v) is 6.56. The van der Waals surface area contributed by atoms with Gasteiger partial charge in [0.1, 0.15) is 0 Å². The Kier molecular flexibility index (Phi) is 4.05. The van der Waals surface area contributed by atoms with E-state index in [1.54, 1.807) is 7.05 Å². The number of aryl methyl sites for hydroxylation is 1. The van der Waals surface area contributed by atoms with Gasteiger partial charge < -0.3 is 0 Å². The summed E-state index contributed by atoms with van der Waals surface area (Å²) in [5.41, 5.74) is 0.534. The monoisotopic (exact) mass is 385 g/mol. The van der Waals surface area contributed by atoms with E-state index in [0.717, 1.165) is 16.6 Å². The summed E-state index contributed by atoms with van der Waals surface area (Å²) < 4.78 is 30.5. The molecule has 1 heterocycles. The maximum Gasteiger partial charge on any atom is 0.330 e. The standard InChI is InChI=1S/C19H19N3O4S/c1-21-17-9-8-13(10-15(17)18(23)22(2)19(21)24)27(25,26)20-16-11-14(16)12-6-4-3-5-7-12/h3-10,14,16,20H,11H2,1-2H3. The van der Waals surface area contributed by atoms with Crippen molar-refractivity contribution >= 4 is 20.9 Å². The Bertz CT molecular complexity index is 1260. The molecule has 4 rings (SSSR count). The normalized spacial score (nSPS) is 19.3. The molecule has 8 heteroatoms. The molecule has 0 aliphatic heterocycles. The number of sulfonamides is 1. The van der Waals surface area contributed by atoms with Gasteiger partial charge in [0.15, 0.2) is 0 Å². The van der Waals surface area contributed by atoms with Crippen LogP contribution in [0.25, 0.3) is 10.9 Å². The number of nitrogens with zero attached hydrogens (tertiary/aromatic N) is 2. The molecule has 27 heavy (non-hydrogen) atoms. The molecule has 1 saturated carbocycles. The Balaban J connectivity index is 1.68. The zero-order chi connectivity index (χ0) is 19.3. The Hall–Kier alpha value is -2.71. The van der Waals surface area contributed by atoms with Crippen molar-refractivity contribution in [2.45, 2.75) is 23.3 Å². The average Bonchev–Trinajstić information content (AvgIpc) is 3.43. The Labute approximate surface area is 155 Å². The smallest absolute Gasteiger partial charge is 0.296 e. The fourth-order valence-electron chi connectivity index (χ4n) is 3.40. The van der Waals surface area contributed by atoms with Crippen molar-refractivity contribution in [3.63, 3.8) is 0 Å². The maximum absolute atomic E-state index is 12.8. The van der Waals surface area contributed by atoms with Crippen molar-refractivity contribution in [3.05, 3.63) is 74.9 Å². The van der Waals surface area contributed by atoms with Gasteiger partial charge in [0.25, 0.3) is 5.56 Å². The van der Waals surface area contributed by atoms with Gasteiger partial charge >= 0.3 is 5.69 Å². The van der Waals surface area contributed by atoms with Crippen molar-refractivity contribution in [3.8, 4) is 0 Å². The first-order valence-corrected chi connectivity index (χ1v) is 10.0. The molecule has 1 aliphatic carbocycles. The van der Waals surface area contributed by atoms with Gasteiger partial charge in [-0.3, -0.25) is 13.9 Å². The van der Waals surface area contributed by atoms with Gasteiger partial charge in [-0.25, -0.2) is 17.9 Å². The van der Waals surface area contributed by atoms with Crippen LogP contribution in [0.15, 0.2) is 63.0 Å². The summed E-state index contributed by atoms with van der Waals surface area (Å²) >= 11 is 0. The molecule has 2 unspecified atom stereocenters. The zero-order valence-electron chi connectivity index (χ0n) is 14.9. The summed E-state index contributed by atoms with van der Waals surface area (Å²) in [6, 6.07) is 13.9. The minimum atomic E-state index is -3.77. The van der Waals surface area contributed by atoms with Crippen molar-refractivity contribution in [1.82, 2.24) is 13.9 Å². The van der Waals surface area contributed by atoms with Crippen LogP contribution in [-0.2, 0) is 24.1 Å². The molecule has 7 nitrogen and oxygen atoms in total. The third kappa shape index (κ3) is 3.00. The van der Waals surface area contributed by atoms with Crippen LogP contribution in [0, 0.1) is 0 Å². The average molecular weight is 385 g/mol. The highest BCUT2D eigenvalue weighted by atomic mass is 32.2. The van der Waals surface area contributed by atoms with E-state index in [1.165, 1.54) is 29.8 Å². The second kappa shape index (κ2) is 6.17. The number of hydrogen-bond donors (Lipinski definition) is 1. The van der Waals surface area contributed by atoms with E-state index in [9.17, 15) is 18.0 Å². The number of hydrogen-bond acceptors (Lipinski definition) is 4. The predicted molar refractivity (Wildman–Crippen MR) is 102 cm³/mol. The van der Waals surface area contributed by atoms with E-state index < -0.39 is 21.3 Å². The van der Waals surface area contributed by atoms with Gasteiger partial charge in [0.2, 0.25) is 10.0 Å². The van der Waals surface area contributed by atoms with Gasteiger partial charge in [0.05, 0.1) is 15.8 Å². The molecular formula is C19H19N3O4S. The minimum Gasteiger partial charge on any atom is -0.296 e. The summed E-state index contributed by atoms with van der Waals surface area (Å²) in [5, 5.41) is 0.192. The lowest BCUT2D eigenvalue weighted by Gasteiger charge is -2.10. The first kappa shape index (κ1) is 17.7.